The summed E-state index contributed by atoms with van der Waals surface area (Å²) in [6.07, 6.45) is 0. The van der Waals surface area contributed by atoms with Crippen LogP contribution in [0.5, 0.6) is 11.5 Å². The summed E-state index contributed by atoms with van der Waals surface area (Å²) in [6.45, 7) is 2.50. The third-order valence-corrected chi connectivity index (χ3v) is 4.44. The zero-order valence-corrected chi connectivity index (χ0v) is 15.7. The minimum Gasteiger partial charge on any atom is -0.496 e. The number of para-hydroxylation sites is 2. The monoisotopic (exact) mass is 363 g/mol. The van der Waals surface area contributed by atoms with E-state index in [0.29, 0.717) is 23.0 Å². The van der Waals surface area contributed by atoms with E-state index in [1.165, 1.54) is 0 Å². The standard InChI is InChI=1S/C19H23ClN2O3/c1-13(19(23)21-16-7-5-6-8-18(16)25-4)22(2)12-14-11-15(20)9-10-17(14)24-3/h5-11,13H,12H2,1-4H3,(H,21,23)/p+1/t13-/m1/s1. The number of likely N-dealkylation sites (N-methyl/N-ethyl adjacent to an activating group) is 1. The molecule has 2 atom stereocenters. The molecule has 0 bridgehead atoms. The highest BCUT2D eigenvalue weighted by molar-refractivity contribution is 6.30. The average molecular weight is 364 g/mol. The minimum absolute atomic E-state index is 0.0806. The van der Waals surface area contributed by atoms with Gasteiger partial charge >= 0.3 is 0 Å². The molecular formula is C19H24ClN2O3+. The number of benzene rings is 2. The fraction of sp³-hybridized carbons (Fsp3) is 0.316. The molecule has 0 saturated heterocycles. The van der Waals surface area contributed by atoms with Crippen LogP contribution in [-0.4, -0.2) is 33.2 Å². The van der Waals surface area contributed by atoms with E-state index in [2.05, 4.69) is 5.32 Å². The molecule has 25 heavy (non-hydrogen) atoms. The first-order valence-corrected chi connectivity index (χ1v) is 8.42. The highest BCUT2D eigenvalue weighted by Crippen LogP contribution is 2.23. The lowest BCUT2D eigenvalue weighted by Gasteiger charge is -2.22. The lowest BCUT2D eigenvalue weighted by Crippen LogP contribution is -3.12. The van der Waals surface area contributed by atoms with Gasteiger partial charge in [0, 0.05) is 10.6 Å². The molecule has 0 aliphatic heterocycles. The van der Waals surface area contributed by atoms with Gasteiger partial charge in [-0.1, -0.05) is 23.7 Å². The van der Waals surface area contributed by atoms with Crippen molar-refractivity contribution in [2.75, 3.05) is 26.6 Å². The molecule has 0 aromatic heterocycles. The van der Waals surface area contributed by atoms with Crippen LogP contribution in [-0.2, 0) is 11.3 Å². The molecule has 2 aromatic carbocycles. The van der Waals surface area contributed by atoms with Gasteiger partial charge < -0.3 is 19.7 Å². The third kappa shape index (κ3) is 4.87. The number of methoxy groups -OCH3 is 2. The summed E-state index contributed by atoms with van der Waals surface area (Å²) in [5, 5.41) is 3.57. The summed E-state index contributed by atoms with van der Waals surface area (Å²) in [4.78, 5) is 13.6. The van der Waals surface area contributed by atoms with Crippen LogP contribution in [0.25, 0.3) is 0 Å². The fourth-order valence-corrected chi connectivity index (χ4v) is 2.75. The smallest absolute Gasteiger partial charge is 0.282 e. The van der Waals surface area contributed by atoms with Crippen LogP contribution in [0.2, 0.25) is 5.02 Å². The fourth-order valence-electron chi connectivity index (χ4n) is 2.55. The molecule has 0 heterocycles. The van der Waals surface area contributed by atoms with Crippen LogP contribution in [0, 0.1) is 0 Å². The predicted molar refractivity (Wildman–Crippen MR) is 99.7 cm³/mol. The molecule has 0 spiro atoms. The van der Waals surface area contributed by atoms with Gasteiger partial charge in [-0.05, 0) is 37.3 Å². The summed E-state index contributed by atoms with van der Waals surface area (Å²) < 4.78 is 10.7. The van der Waals surface area contributed by atoms with Gasteiger partial charge in [0.05, 0.1) is 27.0 Å². The zero-order valence-electron chi connectivity index (χ0n) is 14.9. The lowest BCUT2D eigenvalue weighted by atomic mass is 10.1. The molecule has 6 heteroatoms. The topological polar surface area (TPSA) is 52.0 Å². The number of nitrogens with one attached hydrogen (secondary N) is 2. The van der Waals surface area contributed by atoms with Gasteiger partial charge in [0.25, 0.3) is 5.91 Å². The first kappa shape index (κ1) is 19.1. The van der Waals surface area contributed by atoms with Gasteiger partial charge in [-0.2, -0.15) is 0 Å². The summed E-state index contributed by atoms with van der Waals surface area (Å²) in [5.41, 5.74) is 1.62. The van der Waals surface area contributed by atoms with Crippen molar-refractivity contribution in [3.05, 3.63) is 53.1 Å². The molecule has 0 fully saturated rings. The highest BCUT2D eigenvalue weighted by atomic mass is 35.5. The van der Waals surface area contributed by atoms with E-state index in [0.717, 1.165) is 16.2 Å². The second kappa shape index (κ2) is 8.74. The second-order valence-electron chi connectivity index (χ2n) is 5.89. The third-order valence-electron chi connectivity index (χ3n) is 4.21. The molecule has 134 valence electrons. The van der Waals surface area contributed by atoms with E-state index in [9.17, 15) is 4.79 Å². The molecule has 0 aliphatic carbocycles. The Morgan fingerprint density at radius 3 is 2.52 bits per heavy atom. The van der Waals surface area contributed by atoms with E-state index in [1.54, 1.807) is 20.3 Å². The van der Waals surface area contributed by atoms with Crippen LogP contribution < -0.4 is 19.7 Å². The Bertz CT molecular complexity index is 736. The second-order valence-corrected chi connectivity index (χ2v) is 6.33. The molecule has 2 rings (SSSR count). The molecule has 5 nitrogen and oxygen atoms in total. The molecule has 0 aliphatic rings. The number of ether oxygens (including phenoxy) is 2. The van der Waals surface area contributed by atoms with E-state index >= 15 is 0 Å². The molecular weight excluding hydrogens is 340 g/mol. The van der Waals surface area contributed by atoms with Crippen molar-refractivity contribution in [3.63, 3.8) is 0 Å². The van der Waals surface area contributed by atoms with Gasteiger partial charge in [-0.25, -0.2) is 0 Å². The number of carbonyl (C=O) groups excluding carboxylic acids is 1. The lowest BCUT2D eigenvalue weighted by molar-refractivity contribution is -0.907. The van der Waals surface area contributed by atoms with Crippen molar-refractivity contribution in [3.8, 4) is 11.5 Å². The van der Waals surface area contributed by atoms with Crippen molar-refractivity contribution in [2.24, 2.45) is 0 Å². The van der Waals surface area contributed by atoms with Crippen molar-refractivity contribution in [2.45, 2.75) is 19.5 Å². The van der Waals surface area contributed by atoms with Gasteiger partial charge in [0.2, 0.25) is 0 Å². The van der Waals surface area contributed by atoms with Crippen LogP contribution >= 0.6 is 11.6 Å². The van der Waals surface area contributed by atoms with Crippen LogP contribution in [0.4, 0.5) is 5.69 Å². The number of quaternary nitrogens is 1. The van der Waals surface area contributed by atoms with E-state index in [-0.39, 0.29) is 11.9 Å². The van der Waals surface area contributed by atoms with Crippen molar-refractivity contribution < 1.29 is 19.2 Å². The van der Waals surface area contributed by atoms with Crippen molar-refractivity contribution in [1.29, 1.82) is 0 Å². The number of hydrogen-bond donors (Lipinski definition) is 2. The number of carbonyl (C=O) groups is 1. The first-order chi connectivity index (χ1) is 12.0. The maximum atomic E-state index is 12.6. The quantitative estimate of drug-likeness (QED) is 0.794. The Kier molecular flexibility index (Phi) is 6.67. The summed E-state index contributed by atoms with van der Waals surface area (Å²) >= 11 is 6.08. The molecule has 2 aromatic rings. The number of rotatable bonds is 7. The van der Waals surface area contributed by atoms with Crippen LogP contribution in [0.3, 0.4) is 0 Å². The van der Waals surface area contributed by atoms with Crippen molar-refractivity contribution >= 4 is 23.2 Å². The number of anilines is 1. The maximum Gasteiger partial charge on any atom is 0.282 e. The Hall–Kier alpha value is -2.24. The molecule has 0 radical (unpaired) electrons. The summed E-state index contributed by atoms with van der Waals surface area (Å²) in [5.74, 6) is 1.32. The summed E-state index contributed by atoms with van der Waals surface area (Å²) in [7, 11) is 5.17. The molecule has 1 amide bonds. The van der Waals surface area contributed by atoms with Gasteiger partial charge in [-0.3, -0.25) is 4.79 Å². The van der Waals surface area contributed by atoms with E-state index in [1.807, 2.05) is 50.4 Å². The van der Waals surface area contributed by atoms with Crippen LogP contribution in [0.15, 0.2) is 42.5 Å². The number of amides is 1. The van der Waals surface area contributed by atoms with Crippen LogP contribution in [0.1, 0.15) is 12.5 Å². The Balaban J connectivity index is 2.07. The average Bonchev–Trinajstić information content (AvgIpc) is 2.61. The number of halogens is 1. The summed E-state index contributed by atoms with van der Waals surface area (Å²) in [6, 6.07) is 12.6. The molecule has 2 N–H and O–H groups in total. The first-order valence-electron chi connectivity index (χ1n) is 8.05. The zero-order chi connectivity index (χ0) is 18.4. The number of hydrogen-bond acceptors (Lipinski definition) is 3. The normalized spacial score (nSPS) is 13.0. The van der Waals surface area contributed by atoms with Gasteiger partial charge in [0.15, 0.2) is 6.04 Å². The van der Waals surface area contributed by atoms with Gasteiger partial charge in [0.1, 0.15) is 18.0 Å². The predicted octanol–water partition coefficient (Wildman–Crippen LogP) is 2.40. The molecule has 0 saturated carbocycles. The molecule has 1 unspecified atom stereocenters. The maximum absolute atomic E-state index is 12.6. The Morgan fingerprint density at radius 1 is 1.16 bits per heavy atom. The minimum atomic E-state index is -0.270. The Labute approximate surface area is 153 Å². The van der Waals surface area contributed by atoms with Crippen molar-refractivity contribution in [1.82, 2.24) is 0 Å². The van der Waals surface area contributed by atoms with E-state index < -0.39 is 0 Å². The largest absolute Gasteiger partial charge is 0.496 e. The Morgan fingerprint density at radius 2 is 1.84 bits per heavy atom. The van der Waals surface area contributed by atoms with Gasteiger partial charge in [-0.15, -0.1) is 0 Å². The SMILES string of the molecule is COc1ccc(Cl)cc1C[NH+](C)[C@H](C)C(=O)Nc1ccccc1OC. The van der Waals surface area contributed by atoms with E-state index in [4.69, 9.17) is 21.1 Å². The highest BCUT2D eigenvalue weighted by Gasteiger charge is 2.24.